The molecule has 2 rings (SSSR count). The second-order valence-electron chi connectivity index (χ2n) is 3.98. The van der Waals surface area contributed by atoms with Gasteiger partial charge in [-0.1, -0.05) is 6.07 Å². The van der Waals surface area contributed by atoms with Gasteiger partial charge in [0.2, 0.25) is 5.91 Å². The Balaban J connectivity index is 2.05. The number of benzene rings is 1. The highest BCUT2D eigenvalue weighted by atomic mass is 19.4. The molecule has 1 aromatic heterocycles. The van der Waals surface area contributed by atoms with Crippen molar-refractivity contribution in [3.05, 3.63) is 54.4 Å². The molecule has 0 saturated carbocycles. The summed E-state index contributed by atoms with van der Waals surface area (Å²) in [4.78, 5) is 11.6. The Morgan fingerprint density at radius 1 is 1.16 bits per heavy atom. The average molecular weight is 268 g/mol. The second kappa shape index (κ2) is 5.17. The first-order valence-electron chi connectivity index (χ1n) is 5.53. The number of hydrogen-bond donors (Lipinski definition) is 1. The number of nitrogens with one attached hydrogen (secondary N) is 1. The number of carbonyl (C=O) groups is 1. The summed E-state index contributed by atoms with van der Waals surface area (Å²) in [5.41, 5.74) is -0.654. The number of nitrogens with zero attached hydrogens (tertiary/aromatic N) is 1. The predicted molar refractivity (Wildman–Crippen MR) is 64.5 cm³/mol. The normalized spacial score (nSPS) is 11.3. The summed E-state index contributed by atoms with van der Waals surface area (Å²) in [7, 11) is 0. The van der Waals surface area contributed by atoms with Crippen molar-refractivity contribution in [3.63, 3.8) is 0 Å². The van der Waals surface area contributed by atoms with E-state index in [0.717, 1.165) is 12.1 Å². The van der Waals surface area contributed by atoms with Crippen LogP contribution in [-0.4, -0.2) is 10.5 Å². The Hall–Kier alpha value is -2.24. The van der Waals surface area contributed by atoms with Gasteiger partial charge in [-0.3, -0.25) is 4.79 Å². The van der Waals surface area contributed by atoms with Gasteiger partial charge in [-0.15, -0.1) is 0 Å². The third kappa shape index (κ3) is 3.61. The van der Waals surface area contributed by atoms with Crippen LogP contribution in [0.3, 0.4) is 0 Å². The van der Waals surface area contributed by atoms with E-state index in [4.69, 9.17) is 0 Å². The van der Waals surface area contributed by atoms with E-state index in [1.807, 2.05) is 0 Å². The van der Waals surface area contributed by atoms with E-state index in [9.17, 15) is 18.0 Å². The van der Waals surface area contributed by atoms with E-state index in [0.29, 0.717) is 0 Å². The molecule has 1 heterocycles. The molecule has 1 N–H and O–H groups in total. The van der Waals surface area contributed by atoms with Gasteiger partial charge in [-0.05, 0) is 30.3 Å². The maximum Gasteiger partial charge on any atom is 0.416 e. The Morgan fingerprint density at radius 3 is 2.47 bits per heavy atom. The number of alkyl halides is 3. The molecule has 0 radical (unpaired) electrons. The summed E-state index contributed by atoms with van der Waals surface area (Å²) < 4.78 is 39.1. The summed E-state index contributed by atoms with van der Waals surface area (Å²) in [6.07, 6.45) is -1.02. The maximum absolute atomic E-state index is 12.5. The number of amides is 1. The monoisotopic (exact) mass is 268 g/mol. The minimum absolute atomic E-state index is 0.0588. The number of carbonyl (C=O) groups excluding carboxylic acids is 1. The van der Waals surface area contributed by atoms with Crippen molar-refractivity contribution in [1.29, 1.82) is 0 Å². The van der Waals surface area contributed by atoms with Gasteiger partial charge in [0.15, 0.2) is 0 Å². The van der Waals surface area contributed by atoms with Crippen molar-refractivity contribution < 1.29 is 18.0 Å². The summed E-state index contributed by atoms with van der Waals surface area (Å²) in [5, 5.41) is 2.43. The first-order chi connectivity index (χ1) is 8.95. The van der Waals surface area contributed by atoms with Gasteiger partial charge < -0.3 is 9.88 Å². The fraction of sp³-hybridized carbons (Fsp3) is 0.154. The molecule has 0 saturated heterocycles. The number of hydrogen-bond acceptors (Lipinski definition) is 1. The van der Waals surface area contributed by atoms with E-state index >= 15 is 0 Å². The Kier molecular flexibility index (Phi) is 3.59. The first kappa shape index (κ1) is 13.2. The van der Waals surface area contributed by atoms with Gasteiger partial charge in [-0.25, -0.2) is 0 Å². The zero-order valence-electron chi connectivity index (χ0n) is 9.82. The van der Waals surface area contributed by atoms with E-state index in [-0.39, 0.29) is 18.1 Å². The molecule has 6 heteroatoms. The molecule has 0 atom stereocenters. The molecule has 0 aliphatic carbocycles. The van der Waals surface area contributed by atoms with E-state index < -0.39 is 11.7 Å². The van der Waals surface area contributed by atoms with Crippen LogP contribution < -0.4 is 5.32 Å². The van der Waals surface area contributed by atoms with Crippen molar-refractivity contribution in [1.82, 2.24) is 4.57 Å². The summed E-state index contributed by atoms with van der Waals surface area (Å²) >= 11 is 0. The summed E-state index contributed by atoms with van der Waals surface area (Å²) in [5.74, 6) is -0.379. The number of rotatable bonds is 3. The van der Waals surface area contributed by atoms with Gasteiger partial charge >= 0.3 is 6.18 Å². The van der Waals surface area contributed by atoms with Gasteiger partial charge in [-0.2, -0.15) is 13.2 Å². The number of halogens is 3. The predicted octanol–water partition coefficient (Wildman–Crippen LogP) is 3.15. The van der Waals surface area contributed by atoms with Crippen LogP contribution in [0.5, 0.6) is 0 Å². The van der Waals surface area contributed by atoms with Crippen LogP contribution in [0.15, 0.2) is 48.8 Å². The summed E-state index contributed by atoms with van der Waals surface area (Å²) in [6, 6.07) is 8.07. The zero-order chi connectivity index (χ0) is 13.9. The molecule has 0 aliphatic heterocycles. The molecule has 2 aromatic rings. The minimum Gasteiger partial charge on any atom is -0.345 e. The fourth-order valence-corrected chi connectivity index (χ4v) is 1.62. The minimum atomic E-state index is -4.42. The molecule has 0 unspecified atom stereocenters. The molecule has 1 aromatic carbocycles. The van der Waals surface area contributed by atoms with Crippen molar-refractivity contribution in [2.45, 2.75) is 12.7 Å². The van der Waals surface area contributed by atoms with E-state index in [1.165, 1.54) is 12.1 Å². The first-order valence-corrected chi connectivity index (χ1v) is 5.53. The Morgan fingerprint density at radius 2 is 1.84 bits per heavy atom. The highest BCUT2D eigenvalue weighted by Gasteiger charge is 2.30. The van der Waals surface area contributed by atoms with Gasteiger partial charge in [0.25, 0.3) is 0 Å². The average Bonchev–Trinajstić information content (AvgIpc) is 2.80. The molecule has 19 heavy (non-hydrogen) atoms. The summed E-state index contributed by atoms with van der Waals surface area (Å²) in [6.45, 7) is 0.0588. The molecule has 1 amide bonds. The quantitative estimate of drug-likeness (QED) is 0.911. The van der Waals surface area contributed by atoms with E-state index in [1.54, 1.807) is 29.1 Å². The lowest BCUT2D eigenvalue weighted by Gasteiger charge is -2.10. The third-order valence-corrected chi connectivity index (χ3v) is 2.47. The lowest BCUT2D eigenvalue weighted by atomic mass is 10.2. The van der Waals surface area contributed by atoms with Crippen LogP contribution >= 0.6 is 0 Å². The van der Waals surface area contributed by atoms with Gasteiger partial charge in [0.05, 0.1) is 5.56 Å². The smallest absolute Gasteiger partial charge is 0.345 e. The fourth-order valence-electron chi connectivity index (χ4n) is 1.62. The topological polar surface area (TPSA) is 34.0 Å². The molecule has 0 bridgehead atoms. The number of aromatic nitrogens is 1. The van der Waals surface area contributed by atoms with Crippen molar-refractivity contribution in [3.8, 4) is 0 Å². The van der Waals surface area contributed by atoms with Crippen molar-refractivity contribution >= 4 is 11.6 Å². The maximum atomic E-state index is 12.5. The zero-order valence-corrected chi connectivity index (χ0v) is 9.82. The standard InChI is InChI=1S/C13H11F3N2O/c14-13(15,16)10-4-3-5-11(8-10)17-12(19)9-18-6-1-2-7-18/h1-8H,9H2,(H,17,19). The lowest BCUT2D eigenvalue weighted by Crippen LogP contribution is -2.18. The molecular formula is C13H11F3N2O. The Labute approximate surface area is 107 Å². The molecular weight excluding hydrogens is 257 g/mol. The van der Waals surface area contributed by atoms with Crippen LogP contribution in [0, 0.1) is 0 Å². The molecule has 0 spiro atoms. The molecule has 3 nitrogen and oxygen atoms in total. The van der Waals surface area contributed by atoms with Crippen molar-refractivity contribution in [2.75, 3.05) is 5.32 Å². The van der Waals surface area contributed by atoms with Crippen LogP contribution in [0.1, 0.15) is 5.56 Å². The molecule has 100 valence electrons. The van der Waals surface area contributed by atoms with Crippen LogP contribution in [0.25, 0.3) is 0 Å². The largest absolute Gasteiger partial charge is 0.416 e. The highest BCUT2D eigenvalue weighted by Crippen LogP contribution is 2.30. The highest BCUT2D eigenvalue weighted by molar-refractivity contribution is 5.90. The lowest BCUT2D eigenvalue weighted by molar-refractivity contribution is -0.137. The van der Waals surface area contributed by atoms with Gasteiger partial charge in [0.1, 0.15) is 6.54 Å². The van der Waals surface area contributed by atoms with Gasteiger partial charge in [0, 0.05) is 18.1 Å². The van der Waals surface area contributed by atoms with Crippen LogP contribution in [0.4, 0.5) is 18.9 Å². The third-order valence-electron chi connectivity index (χ3n) is 2.47. The molecule has 0 fully saturated rings. The van der Waals surface area contributed by atoms with Crippen molar-refractivity contribution in [2.24, 2.45) is 0 Å². The second-order valence-corrected chi connectivity index (χ2v) is 3.98. The Bertz CT molecular complexity index is 562. The van der Waals surface area contributed by atoms with Crippen LogP contribution in [-0.2, 0) is 17.5 Å². The molecule has 0 aliphatic rings. The number of anilines is 1. The SMILES string of the molecule is O=C(Cn1cccc1)Nc1cccc(C(F)(F)F)c1. The van der Waals surface area contributed by atoms with E-state index in [2.05, 4.69) is 5.32 Å². The van der Waals surface area contributed by atoms with Crippen LogP contribution in [0.2, 0.25) is 0 Å².